The summed E-state index contributed by atoms with van der Waals surface area (Å²) in [5.74, 6) is 0. The third-order valence-electron chi connectivity index (χ3n) is 2.68. The molecular formula is C13H25ClO2. The molecule has 0 aliphatic carbocycles. The van der Waals surface area contributed by atoms with Gasteiger partial charge in [-0.25, -0.2) is 0 Å². The zero-order valence-corrected chi connectivity index (χ0v) is 11.0. The average Bonchev–Trinajstić information content (AvgIpc) is 2.25. The van der Waals surface area contributed by atoms with E-state index in [1.54, 1.807) is 0 Å². The molecule has 0 aromatic carbocycles. The lowest BCUT2D eigenvalue weighted by Crippen LogP contribution is -2.17. The Balaban J connectivity index is 3.42. The fourth-order valence-electron chi connectivity index (χ4n) is 1.71. The SMILES string of the molecule is CCCCC[C@@H](O)C[C@@H](O)CCC/C=C/Cl. The molecular weight excluding hydrogens is 224 g/mol. The molecule has 2 N–H and O–H groups in total. The van der Waals surface area contributed by atoms with Gasteiger partial charge in [-0.2, -0.15) is 0 Å². The van der Waals surface area contributed by atoms with Crippen molar-refractivity contribution in [2.24, 2.45) is 0 Å². The predicted octanol–water partition coefficient (Wildman–Crippen LogP) is 3.60. The first-order chi connectivity index (χ1) is 7.70. The molecule has 0 amide bonds. The van der Waals surface area contributed by atoms with E-state index in [4.69, 9.17) is 11.6 Å². The van der Waals surface area contributed by atoms with Gasteiger partial charge in [-0.15, -0.1) is 0 Å². The summed E-state index contributed by atoms with van der Waals surface area (Å²) in [5, 5.41) is 19.3. The van der Waals surface area contributed by atoms with Crippen LogP contribution in [0.15, 0.2) is 11.6 Å². The lowest BCUT2D eigenvalue weighted by Gasteiger charge is -2.15. The molecule has 0 bridgehead atoms. The van der Waals surface area contributed by atoms with Crippen molar-refractivity contribution >= 4 is 11.6 Å². The second-order valence-electron chi connectivity index (χ2n) is 4.33. The van der Waals surface area contributed by atoms with Crippen molar-refractivity contribution in [2.45, 2.75) is 70.5 Å². The molecule has 0 saturated heterocycles. The molecule has 0 aliphatic heterocycles. The second kappa shape index (κ2) is 11.4. The molecule has 16 heavy (non-hydrogen) atoms. The largest absolute Gasteiger partial charge is 0.393 e. The van der Waals surface area contributed by atoms with Crippen LogP contribution in [0.4, 0.5) is 0 Å². The van der Waals surface area contributed by atoms with Gasteiger partial charge in [-0.3, -0.25) is 0 Å². The summed E-state index contributed by atoms with van der Waals surface area (Å²) in [7, 11) is 0. The van der Waals surface area contributed by atoms with Gasteiger partial charge in [0.2, 0.25) is 0 Å². The van der Waals surface area contributed by atoms with Crippen LogP contribution in [0.1, 0.15) is 58.3 Å². The molecule has 0 spiro atoms. The number of unbranched alkanes of at least 4 members (excludes halogenated alkanes) is 3. The third kappa shape index (κ3) is 10.5. The molecule has 3 heteroatoms. The van der Waals surface area contributed by atoms with Crippen LogP contribution < -0.4 is 0 Å². The minimum atomic E-state index is -0.375. The summed E-state index contributed by atoms with van der Waals surface area (Å²) in [5.41, 5.74) is 1.51. The van der Waals surface area contributed by atoms with E-state index in [2.05, 4.69) is 6.92 Å². The van der Waals surface area contributed by atoms with Crippen LogP contribution >= 0.6 is 11.6 Å². The fraction of sp³-hybridized carbons (Fsp3) is 0.846. The van der Waals surface area contributed by atoms with Crippen molar-refractivity contribution in [1.82, 2.24) is 0 Å². The summed E-state index contributed by atoms with van der Waals surface area (Å²) in [6, 6.07) is 0. The summed E-state index contributed by atoms with van der Waals surface area (Å²) in [6.45, 7) is 2.14. The van der Waals surface area contributed by atoms with Gasteiger partial charge in [-0.05, 0) is 32.1 Å². The number of hydrogen-bond donors (Lipinski definition) is 2. The van der Waals surface area contributed by atoms with Gasteiger partial charge >= 0.3 is 0 Å². The van der Waals surface area contributed by atoms with Crippen LogP contribution in [-0.4, -0.2) is 22.4 Å². The highest BCUT2D eigenvalue weighted by atomic mass is 35.5. The van der Waals surface area contributed by atoms with Crippen LogP contribution in [0.3, 0.4) is 0 Å². The fourth-order valence-corrected chi connectivity index (χ4v) is 1.84. The van der Waals surface area contributed by atoms with Crippen molar-refractivity contribution in [3.8, 4) is 0 Å². The maximum Gasteiger partial charge on any atom is 0.0565 e. The minimum Gasteiger partial charge on any atom is -0.393 e. The van der Waals surface area contributed by atoms with Crippen molar-refractivity contribution in [2.75, 3.05) is 0 Å². The Bertz CT molecular complexity index is 171. The summed E-state index contributed by atoms with van der Waals surface area (Å²) in [6.07, 6.45) is 8.43. The average molecular weight is 249 g/mol. The summed E-state index contributed by atoms with van der Waals surface area (Å²) < 4.78 is 0. The molecule has 0 aliphatic rings. The first-order valence-corrected chi connectivity index (χ1v) is 6.75. The molecule has 0 radical (unpaired) electrons. The van der Waals surface area contributed by atoms with Crippen LogP contribution in [-0.2, 0) is 0 Å². The van der Waals surface area contributed by atoms with E-state index in [9.17, 15) is 10.2 Å². The Kier molecular flexibility index (Phi) is 11.4. The zero-order valence-electron chi connectivity index (χ0n) is 10.2. The monoisotopic (exact) mass is 248 g/mol. The number of hydrogen-bond acceptors (Lipinski definition) is 2. The van der Waals surface area contributed by atoms with Crippen molar-refractivity contribution in [1.29, 1.82) is 0 Å². The van der Waals surface area contributed by atoms with Gasteiger partial charge in [0.15, 0.2) is 0 Å². The Morgan fingerprint density at radius 2 is 1.69 bits per heavy atom. The highest BCUT2D eigenvalue weighted by Gasteiger charge is 2.10. The van der Waals surface area contributed by atoms with Gasteiger partial charge in [0, 0.05) is 5.54 Å². The van der Waals surface area contributed by atoms with Crippen LogP contribution in [0.2, 0.25) is 0 Å². The van der Waals surface area contributed by atoms with Crippen molar-refractivity contribution < 1.29 is 10.2 Å². The molecule has 2 atom stereocenters. The van der Waals surface area contributed by atoms with E-state index in [1.165, 1.54) is 12.0 Å². The third-order valence-corrected chi connectivity index (χ3v) is 2.86. The second-order valence-corrected chi connectivity index (χ2v) is 4.58. The Morgan fingerprint density at radius 3 is 2.25 bits per heavy atom. The van der Waals surface area contributed by atoms with Gasteiger partial charge < -0.3 is 10.2 Å². The molecule has 0 heterocycles. The van der Waals surface area contributed by atoms with Crippen molar-refractivity contribution in [3.05, 3.63) is 11.6 Å². The number of aliphatic hydroxyl groups excluding tert-OH is 2. The quantitative estimate of drug-likeness (QED) is 0.580. The van der Waals surface area contributed by atoms with Crippen LogP contribution in [0, 0.1) is 0 Å². The minimum absolute atomic E-state index is 0.342. The highest BCUT2D eigenvalue weighted by molar-refractivity contribution is 6.25. The molecule has 0 saturated carbocycles. The van der Waals surface area contributed by atoms with Crippen molar-refractivity contribution in [3.63, 3.8) is 0 Å². The molecule has 96 valence electrons. The van der Waals surface area contributed by atoms with Crippen LogP contribution in [0.25, 0.3) is 0 Å². The highest BCUT2D eigenvalue weighted by Crippen LogP contribution is 2.12. The molecule has 0 aromatic heterocycles. The summed E-state index contributed by atoms with van der Waals surface area (Å²) in [4.78, 5) is 0. The van der Waals surface area contributed by atoms with E-state index in [-0.39, 0.29) is 12.2 Å². The number of halogens is 1. The van der Waals surface area contributed by atoms with E-state index in [0.29, 0.717) is 6.42 Å². The van der Waals surface area contributed by atoms with Gasteiger partial charge in [0.25, 0.3) is 0 Å². The standard InChI is InChI=1S/C13H25ClO2/c1-2-3-5-8-12(15)11-13(16)9-6-4-7-10-14/h7,10,12-13,15-16H,2-6,8-9,11H2,1H3/b10-7+/t12-,13+/m1/s1. The normalized spacial score (nSPS) is 15.5. The molecule has 0 rings (SSSR count). The number of aliphatic hydroxyl groups is 2. The summed E-state index contributed by atoms with van der Waals surface area (Å²) >= 11 is 5.39. The Hall–Kier alpha value is -0.0500. The number of rotatable bonds is 10. The van der Waals surface area contributed by atoms with Gasteiger partial charge in [-0.1, -0.05) is 43.9 Å². The molecule has 0 fully saturated rings. The van der Waals surface area contributed by atoms with E-state index in [1.807, 2.05) is 6.08 Å². The topological polar surface area (TPSA) is 40.5 Å². The molecule has 0 aromatic rings. The maximum absolute atomic E-state index is 9.66. The van der Waals surface area contributed by atoms with E-state index < -0.39 is 0 Å². The first-order valence-electron chi connectivity index (χ1n) is 6.32. The first kappa shape index (κ1) is 16.0. The Morgan fingerprint density at radius 1 is 1.06 bits per heavy atom. The van der Waals surface area contributed by atoms with E-state index in [0.717, 1.165) is 38.5 Å². The lowest BCUT2D eigenvalue weighted by atomic mass is 10.0. The lowest BCUT2D eigenvalue weighted by molar-refractivity contribution is 0.0687. The Labute approximate surface area is 104 Å². The molecule has 0 unspecified atom stereocenters. The predicted molar refractivity (Wildman–Crippen MR) is 69.6 cm³/mol. The molecule has 2 nitrogen and oxygen atoms in total. The zero-order chi connectivity index (χ0) is 12.2. The number of allylic oxidation sites excluding steroid dienone is 1. The smallest absolute Gasteiger partial charge is 0.0565 e. The van der Waals surface area contributed by atoms with Gasteiger partial charge in [0.05, 0.1) is 12.2 Å². The van der Waals surface area contributed by atoms with Gasteiger partial charge in [0.1, 0.15) is 0 Å². The maximum atomic E-state index is 9.66. The van der Waals surface area contributed by atoms with Crippen LogP contribution in [0.5, 0.6) is 0 Å². The van der Waals surface area contributed by atoms with E-state index >= 15 is 0 Å².